The van der Waals surface area contributed by atoms with Crippen LogP contribution in [0.4, 0.5) is 0 Å². The molecule has 2 rings (SSSR count). The van der Waals surface area contributed by atoms with Crippen LogP contribution in [0.15, 0.2) is 18.2 Å². The third-order valence-corrected chi connectivity index (χ3v) is 3.06. The Morgan fingerprint density at radius 1 is 1.40 bits per heavy atom. The molecule has 0 amide bonds. The zero-order valence-corrected chi connectivity index (χ0v) is 9.16. The molecular formula is C13H16N2. The predicted octanol–water partition coefficient (Wildman–Crippen LogP) is 2.13. The summed E-state index contributed by atoms with van der Waals surface area (Å²) in [5, 5.41) is 8.68. The molecule has 2 heteroatoms. The molecule has 0 bridgehead atoms. The van der Waals surface area contributed by atoms with Crippen molar-refractivity contribution in [2.45, 2.75) is 26.3 Å². The molecule has 1 aliphatic heterocycles. The molecule has 0 unspecified atom stereocenters. The van der Waals surface area contributed by atoms with Crippen molar-refractivity contribution in [3.63, 3.8) is 0 Å². The maximum atomic E-state index is 8.68. The van der Waals surface area contributed by atoms with Crippen molar-refractivity contribution in [1.82, 2.24) is 4.90 Å². The molecule has 1 aromatic rings. The number of fused-ring (bicyclic) bond motifs is 1. The number of hydrogen-bond donors (Lipinski definition) is 0. The predicted molar refractivity (Wildman–Crippen MR) is 60.4 cm³/mol. The van der Waals surface area contributed by atoms with Gasteiger partial charge in [0.15, 0.2) is 0 Å². The van der Waals surface area contributed by atoms with E-state index in [4.69, 9.17) is 5.26 Å². The standard InChI is InChI=1S/C13H16N2/c1-2-11-3-4-12-5-7-15(8-6-14)10-13(12)9-11/h3-4,9H,2,5,7-8,10H2,1H3. The minimum absolute atomic E-state index is 0.551. The summed E-state index contributed by atoms with van der Waals surface area (Å²) in [5.41, 5.74) is 4.27. The fourth-order valence-corrected chi connectivity index (χ4v) is 2.12. The summed E-state index contributed by atoms with van der Waals surface area (Å²) in [4.78, 5) is 2.21. The third-order valence-electron chi connectivity index (χ3n) is 3.06. The van der Waals surface area contributed by atoms with Crippen LogP contribution in [0, 0.1) is 11.3 Å². The van der Waals surface area contributed by atoms with Gasteiger partial charge in [0, 0.05) is 13.1 Å². The highest BCUT2D eigenvalue weighted by molar-refractivity contribution is 5.33. The Labute approximate surface area is 91.1 Å². The zero-order chi connectivity index (χ0) is 10.7. The monoisotopic (exact) mass is 200 g/mol. The Bertz CT molecular complexity index is 390. The first-order valence-electron chi connectivity index (χ1n) is 5.53. The fourth-order valence-electron chi connectivity index (χ4n) is 2.12. The Morgan fingerprint density at radius 3 is 3.00 bits per heavy atom. The van der Waals surface area contributed by atoms with Gasteiger partial charge in [0.2, 0.25) is 0 Å². The fraction of sp³-hybridized carbons (Fsp3) is 0.462. The lowest BCUT2D eigenvalue weighted by molar-refractivity contribution is 0.285. The van der Waals surface area contributed by atoms with Crippen LogP contribution in [-0.4, -0.2) is 18.0 Å². The second-order valence-electron chi connectivity index (χ2n) is 4.08. The highest BCUT2D eigenvalue weighted by atomic mass is 15.1. The van der Waals surface area contributed by atoms with Crippen molar-refractivity contribution in [2.75, 3.05) is 13.1 Å². The van der Waals surface area contributed by atoms with Gasteiger partial charge in [0.05, 0.1) is 12.6 Å². The molecule has 0 fully saturated rings. The summed E-state index contributed by atoms with van der Waals surface area (Å²) in [6.07, 6.45) is 2.17. The van der Waals surface area contributed by atoms with Crippen LogP contribution in [0.25, 0.3) is 0 Å². The molecule has 0 aliphatic carbocycles. The first-order chi connectivity index (χ1) is 7.33. The van der Waals surface area contributed by atoms with Crippen LogP contribution in [0.1, 0.15) is 23.6 Å². The van der Waals surface area contributed by atoms with Crippen molar-refractivity contribution in [3.05, 3.63) is 34.9 Å². The first kappa shape index (κ1) is 10.2. The van der Waals surface area contributed by atoms with Gasteiger partial charge in [-0.05, 0) is 29.5 Å². The van der Waals surface area contributed by atoms with E-state index in [2.05, 4.69) is 36.1 Å². The SMILES string of the molecule is CCc1ccc2c(c1)CN(CC#N)CC2. The summed E-state index contributed by atoms with van der Waals surface area (Å²) in [5.74, 6) is 0. The molecule has 0 spiro atoms. The van der Waals surface area contributed by atoms with Crippen molar-refractivity contribution < 1.29 is 0 Å². The summed E-state index contributed by atoms with van der Waals surface area (Å²) in [7, 11) is 0. The van der Waals surface area contributed by atoms with Crippen LogP contribution < -0.4 is 0 Å². The number of rotatable bonds is 2. The zero-order valence-electron chi connectivity index (χ0n) is 9.16. The second kappa shape index (κ2) is 4.46. The molecule has 1 aliphatic rings. The maximum absolute atomic E-state index is 8.68. The van der Waals surface area contributed by atoms with Gasteiger partial charge in [-0.25, -0.2) is 0 Å². The van der Waals surface area contributed by atoms with Gasteiger partial charge in [-0.3, -0.25) is 4.90 Å². The molecule has 0 aromatic heterocycles. The van der Waals surface area contributed by atoms with Gasteiger partial charge >= 0.3 is 0 Å². The number of hydrogen-bond acceptors (Lipinski definition) is 2. The average Bonchev–Trinajstić information content (AvgIpc) is 2.28. The largest absolute Gasteiger partial charge is 0.286 e. The van der Waals surface area contributed by atoms with Gasteiger partial charge in [-0.15, -0.1) is 0 Å². The molecule has 0 radical (unpaired) electrons. The second-order valence-corrected chi connectivity index (χ2v) is 4.08. The average molecular weight is 200 g/mol. The van der Waals surface area contributed by atoms with Crippen LogP contribution in [0.3, 0.4) is 0 Å². The molecule has 78 valence electrons. The topological polar surface area (TPSA) is 27.0 Å². The van der Waals surface area contributed by atoms with E-state index in [9.17, 15) is 0 Å². The van der Waals surface area contributed by atoms with E-state index in [0.29, 0.717) is 6.54 Å². The Kier molecular flexibility index (Phi) is 3.03. The van der Waals surface area contributed by atoms with E-state index in [1.165, 1.54) is 16.7 Å². The molecule has 1 aromatic carbocycles. The van der Waals surface area contributed by atoms with E-state index in [0.717, 1.165) is 25.9 Å². The Balaban J connectivity index is 2.20. The van der Waals surface area contributed by atoms with E-state index in [1.54, 1.807) is 0 Å². The van der Waals surface area contributed by atoms with E-state index >= 15 is 0 Å². The molecule has 0 saturated carbocycles. The van der Waals surface area contributed by atoms with Gasteiger partial charge in [-0.2, -0.15) is 5.26 Å². The molecule has 0 saturated heterocycles. The molecule has 15 heavy (non-hydrogen) atoms. The van der Waals surface area contributed by atoms with Crippen molar-refractivity contribution in [3.8, 4) is 6.07 Å². The van der Waals surface area contributed by atoms with Crippen LogP contribution in [0.2, 0.25) is 0 Å². The van der Waals surface area contributed by atoms with E-state index in [-0.39, 0.29) is 0 Å². The number of nitriles is 1. The highest BCUT2D eigenvalue weighted by Crippen LogP contribution is 2.20. The highest BCUT2D eigenvalue weighted by Gasteiger charge is 2.15. The van der Waals surface area contributed by atoms with Gasteiger partial charge in [0.1, 0.15) is 0 Å². The molecule has 0 N–H and O–H groups in total. The van der Waals surface area contributed by atoms with Crippen molar-refractivity contribution in [2.24, 2.45) is 0 Å². The van der Waals surface area contributed by atoms with Crippen LogP contribution in [-0.2, 0) is 19.4 Å². The summed E-state index contributed by atoms with van der Waals surface area (Å²) in [6, 6.07) is 8.98. The third kappa shape index (κ3) is 2.19. The molecule has 2 nitrogen and oxygen atoms in total. The first-order valence-corrected chi connectivity index (χ1v) is 5.53. The van der Waals surface area contributed by atoms with Crippen molar-refractivity contribution in [1.29, 1.82) is 5.26 Å². The smallest absolute Gasteiger partial charge is 0.0868 e. The van der Waals surface area contributed by atoms with Gasteiger partial charge < -0.3 is 0 Å². The maximum Gasteiger partial charge on any atom is 0.0868 e. The minimum Gasteiger partial charge on any atom is -0.286 e. The minimum atomic E-state index is 0.551. The lowest BCUT2D eigenvalue weighted by Crippen LogP contribution is -2.30. The Hall–Kier alpha value is -1.33. The van der Waals surface area contributed by atoms with Crippen LogP contribution in [0.5, 0.6) is 0 Å². The summed E-state index contributed by atoms with van der Waals surface area (Å²) >= 11 is 0. The number of aryl methyl sites for hydroxylation is 1. The van der Waals surface area contributed by atoms with E-state index < -0.39 is 0 Å². The number of benzene rings is 1. The van der Waals surface area contributed by atoms with E-state index in [1.807, 2.05) is 0 Å². The molecule has 0 atom stereocenters. The lowest BCUT2D eigenvalue weighted by Gasteiger charge is -2.26. The van der Waals surface area contributed by atoms with Gasteiger partial charge in [-0.1, -0.05) is 25.1 Å². The lowest BCUT2D eigenvalue weighted by atomic mass is 9.97. The Morgan fingerprint density at radius 2 is 2.27 bits per heavy atom. The normalized spacial score (nSPS) is 15.7. The van der Waals surface area contributed by atoms with Crippen LogP contribution >= 0.6 is 0 Å². The quantitative estimate of drug-likeness (QED) is 0.684. The summed E-state index contributed by atoms with van der Waals surface area (Å²) in [6.45, 7) is 4.69. The summed E-state index contributed by atoms with van der Waals surface area (Å²) < 4.78 is 0. The van der Waals surface area contributed by atoms with Gasteiger partial charge in [0.25, 0.3) is 0 Å². The number of nitrogens with zero attached hydrogens (tertiary/aromatic N) is 2. The molecule has 1 heterocycles. The van der Waals surface area contributed by atoms with Crippen molar-refractivity contribution >= 4 is 0 Å². The molecular weight excluding hydrogens is 184 g/mol.